The smallest absolute Gasteiger partial charge is 0.396 e. The molecule has 0 N–H and O–H groups in total. The van der Waals surface area contributed by atoms with E-state index in [1.807, 2.05) is 28.7 Å². The van der Waals surface area contributed by atoms with Gasteiger partial charge in [-0.15, -0.1) is 0 Å². The van der Waals surface area contributed by atoms with Crippen LogP contribution in [0.15, 0.2) is 6.07 Å². The number of carbonyl (C=O) groups excluding carboxylic acids is 2. The molecule has 1 aromatic carbocycles. The molecule has 0 amide bonds. The highest BCUT2D eigenvalue weighted by molar-refractivity contribution is 14.1. The normalized spacial score (nSPS) is 28.0. The molecule has 4 unspecified atom stereocenters. The quantitative estimate of drug-likeness (QED) is 0.135. The topological polar surface area (TPSA) is 119 Å². The molecule has 8 nitrogen and oxygen atoms in total. The van der Waals surface area contributed by atoms with Gasteiger partial charge in [0.1, 0.15) is 5.56 Å². The Morgan fingerprint density at radius 3 is 2.40 bits per heavy atom. The summed E-state index contributed by atoms with van der Waals surface area (Å²) in [5.41, 5.74) is 0.323. The zero-order chi connectivity index (χ0) is 26.1. The van der Waals surface area contributed by atoms with Crippen LogP contribution >= 0.6 is 67.8 Å². The van der Waals surface area contributed by atoms with Crippen molar-refractivity contribution in [3.63, 3.8) is 0 Å². The van der Waals surface area contributed by atoms with Crippen LogP contribution in [0.1, 0.15) is 36.0 Å². The summed E-state index contributed by atoms with van der Waals surface area (Å²) in [6, 6.07) is 1.86. The average Bonchev–Trinajstić information content (AvgIpc) is 3.28. The summed E-state index contributed by atoms with van der Waals surface area (Å²) >= 11 is 6.18. The molecule has 1 heterocycles. The molecule has 2 fully saturated rings. The predicted molar refractivity (Wildman–Crippen MR) is 133 cm³/mol. The number of esters is 2. The van der Waals surface area contributed by atoms with Crippen molar-refractivity contribution in [3.8, 4) is 5.75 Å². The number of ether oxygens (including phenoxy) is 3. The van der Waals surface area contributed by atoms with Crippen molar-refractivity contribution in [2.24, 2.45) is 17.8 Å². The minimum absolute atomic E-state index is 0.157. The summed E-state index contributed by atoms with van der Waals surface area (Å²) in [4.78, 5) is 25.3. The molecule has 1 aliphatic heterocycles. The lowest BCUT2D eigenvalue weighted by Gasteiger charge is -2.42. The first-order chi connectivity index (χ1) is 16.0. The van der Waals surface area contributed by atoms with Gasteiger partial charge in [0.15, 0.2) is 15.9 Å². The van der Waals surface area contributed by atoms with Crippen molar-refractivity contribution in [3.05, 3.63) is 22.3 Å². The summed E-state index contributed by atoms with van der Waals surface area (Å²) in [7, 11) is -6.61. The summed E-state index contributed by atoms with van der Waals surface area (Å²) in [5, 5.41) is -5.84. The second kappa shape index (κ2) is 9.21. The van der Waals surface area contributed by atoms with Gasteiger partial charge in [-0.1, -0.05) is 0 Å². The Kier molecular flexibility index (Phi) is 7.32. The van der Waals surface area contributed by atoms with Crippen molar-refractivity contribution in [1.82, 2.24) is 0 Å². The van der Waals surface area contributed by atoms with Gasteiger partial charge in [0.25, 0.3) is 5.79 Å². The van der Waals surface area contributed by atoms with E-state index in [-0.39, 0.29) is 24.7 Å². The third kappa shape index (κ3) is 4.64. The van der Waals surface area contributed by atoms with Crippen LogP contribution in [0.25, 0.3) is 0 Å². The Morgan fingerprint density at radius 2 is 1.83 bits per heavy atom. The fourth-order valence-electron chi connectivity index (χ4n) is 4.76. The van der Waals surface area contributed by atoms with Gasteiger partial charge in [0.05, 0.1) is 22.5 Å². The van der Waals surface area contributed by atoms with Gasteiger partial charge in [0, 0.05) is 19.5 Å². The second-order valence-electron chi connectivity index (χ2n) is 8.49. The Morgan fingerprint density at radius 1 is 1.17 bits per heavy atom. The SMILES string of the molecule is O=C1OC2(CC3CC2CC3C(=O)OCCC(F)(F)C(F)(F)S(=O)(=O)[O-])Oc2c(I)cc(I)c(I)c21. The number of alkyl halides is 4. The number of benzene rings is 1. The van der Waals surface area contributed by atoms with Crippen molar-refractivity contribution in [2.75, 3.05) is 6.61 Å². The molecule has 4 atom stereocenters. The summed E-state index contributed by atoms with van der Waals surface area (Å²) in [6.07, 6.45) is -1.09. The Bertz CT molecular complexity index is 1210. The van der Waals surface area contributed by atoms with Crippen LogP contribution < -0.4 is 4.74 Å². The molecule has 0 radical (unpaired) electrons. The second-order valence-corrected chi connectivity index (χ2v) is 13.3. The third-order valence-electron chi connectivity index (χ3n) is 6.44. The number of hydrogen-bond donors (Lipinski definition) is 0. The summed E-state index contributed by atoms with van der Waals surface area (Å²) < 4.78 is 104. The number of rotatable bonds is 6. The molecule has 16 heteroatoms. The maximum atomic E-state index is 13.6. The van der Waals surface area contributed by atoms with Crippen molar-refractivity contribution >= 4 is 89.8 Å². The first-order valence-electron chi connectivity index (χ1n) is 9.98. The molecule has 2 bridgehead atoms. The first-order valence-corrected chi connectivity index (χ1v) is 14.6. The van der Waals surface area contributed by atoms with Gasteiger partial charge in [0.2, 0.25) is 0 Å². The average molecular weight is 859 g/mol. The third-order valence-corrected chi connectivity index (χ3v) is 11.2. The van der Waals surface area contributed by atoms with Crippen molar-refractivity contribution < 1.29 is 54.3 Å². The maximum Gasteiger partial charge on any atom is 0.396 e. The van der Waals surface area contributed by atoms with Gasteiger partial charge in [-0.2, -0.15) is 17.6 Å². The largest absolute Gasteiger partial charge is 0.743 e. The van der Waals surface area contributed by atoms with E-state index in [1.54, 1.807) is 0 Å². The van der Waals surface area contributed by atoms with E-state index in [4.69, 9.17) is 14.2 Å². The van der Waals surface area contributed by atoms with Gasteiger partial charge < -0.3 is 18.8 Å². The van der Waals surface area contributed by atoms with Gasteiger partial charge >= 0.3 is 23.1 Å². The highest BCUT2D eigenvalue weighted by Crippen LogP contribution is 2.58. The first kappa shape index (κ1) is 27.8. The monoisotopic (exact) mass is 859 g/mol. The molecule has 0 saturated heterocycles. The van der Waals surface area contributed by atoms with Gasteiger partial charge in [-0.05, 0) is 92.6 Å². The minimum Gasteiger partial charge on any atom is -0.743 e. The van der Waals surface area contributed by atoms with E-state index in [2.05, 4.69) is 45.2 Å². The molecule has 2 saturated carbocycles. The standard InChI is InChI=1S/C19H15F4I3O8S/c20-18(21,19(22,23)35(29,30)31)1-2-32-15(27)9-4-8-3-7(9)6-17(8)33-14-11(25)5-10(24)13(26)12(14)16(28)34-17/h5,7-9H,1-4,6H2,(H,29,30,31)/p-1. The highest BCUT2D eigenvalue weighted by atomic mass is 127. The van der Waals surface area contributed by atoms with E-state index < -0.39 is 58.0 Å². The zero-order valence-electron chi connectivity index (χ0n) is 17.2. The van der Waals surface area contributed by atoms with Crippen LogP contribution in [0.3, 0.4) is 0 Å². The van der Waals surface area contributed by atoms with E-state index in [0.717, 1.165) is 7.14 Å². The van der Waals surface area contributed by atoms with Gasteiger partial charge in [-0.3, -0.25) is 4.79 Å². The van der Waals surface area contributed by atoms with Crippen molar-refractivity contribution in [2.45, 2.75) is 42.6 Å². The van der Waals surface area contributed by atoms with Crippen LogP contribution in [0.4, 0.5) is 17.6 Å². The highest BCUT2D eigenvalue weighted by Gasteiger charge is 2.64. The summed E-state index contributed by atoms with van der Waals surface area (Å²) in [6.45, 7) is -1.20. The Hall–Kier alpha value is -0.220. The molecular weight excluding hydrogens is 845 g/mol. The van der Waals surface area contributed by atoms with Crippen LogP contribution in [-0.4, -0.2) is 48.5 Å². The molecule has 1 aromatic rings. The van der Waals surface area contributed by atoms with E-state index >= 15 is 0 Å². The summed E-state index contributed by atoms with van der Waals surface area (Å²) in [5.74, 6) is -9.07. The Balaban J connectivity index is 1.41. The molecule has 2 aliphatic carbocycles. The van der Waals surface area contributed by atoms with Gasteiger partial charge in [-0.25, -0.2) is 13.2 Å². The molecule has 1 spiro atoms. The lowest BCUT2D eigenvalue weighted by molar-refractivity contribution is -0.195. The zero-order valence-corrected chi connectivity index (χ0v) is 24.5. The number of halogens is 7. The molecule has 35 heavy (non-hydrogen) atoms. The number of hydrogen-bond acceptors (Lipinski definition) is 8. The fraction of sp³-hybridized carbons (Fsp3) is 0.579. The molecular formula is C19H14F4I3O8S-. The maximum absolute atomic E-state index is 13.6. The van der Waals surface area contributed by atoms with E-state index in [1.165, 1.54) is 0 Å². The molecule has 4 rings (SSSR count). The van der Waals surface area contributed by atoms with E-state index in [9.17, 15) is 40.1 Å². The van der Waals surface area contributed by atoms with Crippen LogP contribution in [-0.2, 0) is 24.4 Å². The lowest BCUT2D eigenvalue weighted by Crippen LogP contribution is -2.51. The lowest BCUT2D eigenvalue weighted by atomic mass is 9.84. The molecule has 3 aliphatic rings. The van der Waals surface area contributed by atoms with Crippen LogP contribution in [0.2, 0.25) is 0 Å². The van der Waals surface area contributed by atoms with Crippen molar-refractivity contribution in [1.29, 1.82) is 0 Å². The van der Waals surface area contributed by atoms with Crippen LogP contribution in [0.5, 0.6) is 5.75 Å². The minimum atomic E-state index is -6.61. The Labute approximate surface area is 237 Å². The number of fused-ring (bicyclic) bond motifs is 4. The predicted octanol–water partition coefficient (Wildman–Crippen LogP) is 4.50. The molecule has 194 valence electrons. The number of carbonyl (C=O) groups is 2. The van der Waals surface area contributed by atoms with E-state index in [0.29, 0.717) is 21.3 Å². The molecule has 0 aromatic heterocycles. The fourth-order valence-corrected chi connectivity index (χ4v) is 7.71. The van der Waals surface area contributed by atoms with Crippen LogP contribution in [0, 0.1) is 28.5 Å².